The van der Waals surface area contributed by atoms with Gasteiger partial charge in [-0.1, -0.05) is 24.3 Å². The van der Waals surface area contributed by atoms with Crippen molar-refractivity contribution in [2.24, 2.45) is 0 Å². The van der Waals surface area contributed by atoms with E-state index in [9.17, 15) is 4.79 Å². The van der Waals surface area contributed by atoms with Crippen LogP contribution in [0.3, 0.4) is 0 Å². The number of rotatable bonds is 6. The largest absolute Gasteiger partial charge is 0.466 e. The third kappa shape index (κ3) is 7.45. The fourth-order valence-corrected chi connectivity index (χ4v) is 2.42. The number of ether oxygens (including phenoxy) is 1. The molecule has 1 aromatic rings. The van der Waals surface area contributed by atoms with Gasteiger partial charge in [-0.25, -0.2) is 0 Å². The number of hydrogen-bond acceptors (Lipinski definition) is 4. The molecule has 0 bridgehead atoms. The van der Waals surface area contributed by atoms with Gasteiger partial charge in [-0.15, -0.1) is 24.8 Å². The number of halogens is 2. The lowest BCUT2D eigenvalue weighted by atomic mass is 10.1. The van der Waals surface area contributed by atoms with E-state index in [2.05, 4.69) is 22.3 Å². The van der Waals surface area contributed by atoms with E-state index in [1.807, 2.05) is 19.1 Å². The molecule has 6 heteroatoms. The summed E-state index contributed by atoms with van der Waals surface area (Å²) in [5.74, 6) is -0.152. The second kappa shape index (κ2) is 11.7. The smallest absolute Gasteiger partial charge is 0.310 e. The number of carbonyl (C=O) groups is 1. The molecule has 0 spiro atoms. The summed E-state index contributed by atoms with van der Waals surface area (Å²) < 4.78 is 4.95. The van der Waals surface area contributed by atoms with Crippen LogP contribution in [0, 0.1) is 0 Å². The Morgan fingerprint density at radius 1 is 1.14 bits per heavy atom. The second-order valence-corrected chi connectivity index (χ2v) is 5.14. The third-order valence-corrected chi connectivity index (χ3v) is 3.60. The van der Waals surface area contributed by atoms with Gasteiger partial charge < -0.3 is 15.0 Å². The number of carbonyl (C=O) groups excluding carboxylic acids is 1. The minimum Gasteiger partial charge on any atom is -0.466 e. The van der Waals surface area contributed by atoms with Crippen molar-refractivity contribution in [1.29, 1.82) is 0 Å². The van der Waals surface area contributed by atoms with E-state index in [0.29, 0.717) is 13.0 Å². The molecule has 0 aliphatic carbocycles. The topological polar surface area (TPSA) is 41.6 Å². The Morgan fingerprint density at radius 2 is 1.73 bits per heavy atom. The van der Waals surface area contributed by atoms with Crippen molar-refractivity contribution in [2.75, 3.05) is 39.3 Å². The molecule has 4 nitrogen and oxygen atoms in total. The van der Waals surface area contributed by atoms with E-state index in [1.165, 1.54) is 5.56 Å². The maximum Gasteiger partial charge on any atom is 0.310 e. The van der Waals surface area contributed by atoms with Gasteiger partial charge in [-0.2, -0.15) is 0 Å². The maximum atomic E-state index is 11.4. The van der Waals surface area contributed by atoms with Crippen LogP contribution in [0.15, 0.2) is 24.3 Å². The van der Waals surface area contributed by atoms with Crippen molar-refractivity contribution >= 4 is 30.8 Å². The molecular formula is C16H26Cl2N2O2. The average Bonchev–Trinajstić information content (AvgIpc) is 2.48. The highest BCUT2D eigenvalue weighted by atomic mass is 35.5. The number of piperazine rings is 1. The van der Waals surface area contributed by atoms with Gasteiger partial charge in [-0.3, -0.25) is 4.79 Å². The molecule has 1 N–H and O–H groups in total. The van der Waals surface area contributed by atoms with Gasteiger partial charge in [0.25, 0.3) is 0 Å². The molecule has 0 atom stereocenters. The summed E-state index contributed by atoms with van der Waals surface area (Å²) in [6, 6.07) is 8.31. The van der Waals surface area contributed by atoms with E-state index < -0.39 is 0 Å². The molecular weight excluding hydrogens is 323 g/mol. The van der Waals surface area contributed by atoms with E-state index in [0.717, 1.165) is 44.7 Å². The van der Waals surface area contributed by atoms with Crippen molar-refractivity contribution in [3.05, 3.63) is 35.4 Å². The highest BCUT2D eigenvalue weighted by Crippen LogP contribution is 2.08. The van der Waals surface area contributed by atoms with Crippen molar-refractivity contribution in [1.82, 2.24) is 10.2 Å². The summed E-state index contributed by atoms with van der Waals surface area (Å²) >= 11 is 0. The zero-order valence-corrected chi connectivity index (χ0v) is 14.7. The first-order valence-electron chi connectivity index (χ1n) is 7.44. The zero-order chi connectivity index (χ0) is 14.2. The first-order chi connectivity index (χ1) is 9.78. The molecule has 1 aliphatic rings. The Morgan fingerprint density at radius 3 is 2.32 bits per heavy atom. The molecule has 0 saturated carbocycles. The molecule has 0 amide bonds. The van der Waals surface area contributed by atoms with E-state index >= 15 is 0 Å². The minimum absolute atomic E-state index is 0. The Bertz CT molecular complexity index is 421. The van der Waals surface area contributed by atoms with Crippen LogP contribution >= 0.6 is 24.8 Å². The van der Waals surface area contributed by atoms with Crippen molar-refractivity contribution < 1.29 is 9.53 Å². The quantitative estimate of drug-likeness (QED) is 0.799. The highest BCUT2D eigenvalue weighted by Gasteiger charge is 2.09. The van der Waals surface area contributed by atoms with Crippen LogP contribution in [0.1, 0.15) is 18.1 Å². The lowest BCUT2D eigenvalue weighted by Crippen LogP contribution is -2.44. The van der Waals surface area contributed by atoms with Gasteiger partial charge in [0.15, 0.2) is 0 Å². The Kier molecular flexibility index (Phi) is 11.3. The molecule has 1 aliphatic heterocycles. The standard InChI is InChI=1S/C16H24N2O2.2ClH/c1-2-20-16(19)13-15-5-3-14(4-6-15)7-10-18-11-8-17-9-12-18;;/h3-6,17H,2,7-13H2,1H3;2*1H. The zero-order valence-electron chi connectivity index (χ0n) is 13.0. The molecule has 0 unspecified atom stereocenters. The lowest BCUT2D eigenvalue weighted by Gasteiger charge is -2.27. The van der Waals surface area contributed by atoms with Crippen LogP contribution in [-0.4, -0.2) is 50.2 Å². The Balaban J connectivity index is 0.00000220. The van der Waals surface area contributed by atoms with Crippen LogP contribution < -0.4 is 5.32 Å². The normalized spacial score (nSPS) is 14.6. The molecule has 2 rings (SSSR count). The van der Waals surface area contributed by atoms with Gasteiger partial charge in [-0.05, 0) is 24.5 Å². The predicted molar refractivity (Wildman–Crippen MR) is 94.3 cm³/mol. The highest BCUT2D eigenvalue weighted by molar-refractivity contribution is 5.85. The molecule has 0 radical (unpaired) electrons. The van der Waals surface area contributed by atoms with Gasteiger partial charge in [0.1, 0.15) is 0 Å². The molecule has 1 heterocycles. The first kappa shape index (κ1) is 21.2. The second-order valence-electron chi connectivity index (χ2n) is 5.14. The Hall–Kier alpha value is -0.810. The maximum absolute atomic E-state index is 11.4. The van der Waals surface area contributed by atoms with Crippen molar-refractivity contribution in [3.8, 4) is 0 Å². The van der Waals surface area contributed by atoms with Gasteiger partial charge in [0.05, 0.1) is 13.0 Å². The van der Waals surface area contributed by atoms with Crippen molar-refractivity contribution in [3.63, 3.8) is 0 Å². The van der Waals surface area contributed by atoms with Crippen LogP contribution in [0.4, 0.5) is 0 Å². The number of nitrogens with zero attached hydrogens (tertiary/aromatic N) is 1. The monoisotopic (exact) mass is 348 g/mol. The molecule has 1 aromatic carbocycles. The number of benzene rings is 1. The van der Waals surface area contributed by atoms with Crippen LogP contribution in [0.5, 0.6) is 0 Å². The van der Waals surface area contributed by atoms with E-state index in [-0.39, 0.29) is 30.8 Å². The SMILES string of the molecule is CCOC(=O)Cc1ccc(CCN2CCNCC2)cc1.Cl.Cl. The lowest BCUT2D eigenvalue weighted by molar-refractivity contribution is -0.142. The van der Waals surface area contributed by atoms with Crippen molar-refractivity contribution in [2.45, 2.75) is 19.8 Å². The summed E-state index contributed by atoms with van der Waals surface area (Å²) in [7, 11) is 0. The fourth-order valence-electron chi connectivity index (χ4n) is 2.42. The van der Waals surface area contributed by atoms with Gasteiger partial charge >= 0.3 is 5.97 Å². The first-order valence-corrected chi connectivity index (χ1v) is 7.44. The fraction of sp³-hybridized carbons (Fsp3) is 0.562. The van der Waals surface area contributed by atoms with Crippen LogP contribution in [0.25, 0.3) is 0 Å². The summed E-state index contributed by atoms with van der Waals surface area (Å²) in [5, 5.41) is 3.36. The van der Waals surface area contributed by atoms with E-state index in [1.54, 1.807) is 0 Å². The predicted octanol–water partition coefficient (Wildman–Crippen LogP) is 2.08. The molecule has 1 fully saturated rings. The van der Waals surface area contributed by atoms with Crippen LogP contribution in [0.2, 0.25) is 0 Å². The summed E-state index contributed by atoms with van der Waals surface area (Å²) in [5.41, 5.74) is 2.35. The molecule has 22 heavy (non-hydrogen) atoms. The summed E-state index contributed by atoms with van der Waals surface area (Å²) in [4.78, 5) is 13.9. The van der Waals surface area contributed by atoms with Gasteiger partial charge in [0.2, 0.25) is 0 Å². The molecule has 126 valence electrons. The number of esters is 1. The Labute approximate surface area is 145 Å². The number of hydrogen-bond donors (Lipinski definition) is 1. The number of nitrogens with one attached hydrogen (secondary N) is 1. The summed E-state index contributed by atoms with van der Waals surface area (Å²) in [6.07, 6.45) is 1.44. The van der Waals surface area contributed by atoms with Crippen LogP contribution in [-0.2, 0) is 22.4 Å². The minimum atomic E-state index is -0.152. The van der Waals surface area contributed by atoms with E-state index in [4.69, 9.17) is 4.74 Å². The summed E-state index contributed by atoms with van der Waals surface area (Å²) in [6.45, 7) is 7.86. The molecule has 1 saturated heterocycles. The van der Waals surface area contributed by atoms with Gasteiger partial charge in [0, 0.05) is 32.7 Å². The molecule has 0 aromatic heterocycles. The third-order valence-electron chi connectivity index (χ3n) is 3.60. The average molecular weight is 349 g/mol.